The molecule has 0 bridgehead atoms. The average molecular weight is 291 g/mol. The van der Waals surface area contributed by atoms with Gasteiger partial charge in [-0.25, -0.2) is 0 Å². The molecule has 0 saturated heterocycles. The lowest BCUT2D eigenvalue weighted by Gasteiger charge is -2.28. The van der Waals surface area contributed by atoms with E-state index < -0.39 is 11.5 Å². The van der Waals surface area contributed by atoms with Crippen molar-refractivity contribution < 1.29 is 15.0 Å². The Morgan fingerprint density at radius 2 is 1.95 bits per heavy atom. The topological polar surface area (TPSA) is 69.6 Å². The molecule has 0 rings (SSSR count). The molecule has 2 atom stereocenters. The van der Waals surface area contributed by atoms with Crippen molar-refractivity contribution in [3.05, 3.63) is 0 Å². The maximum Gasteiger partial charge on any atom is 0.323 e. The molecular weight excluding hydrogens is 262 g/mol. The normalized spacial score (nSPS) is 16.3. The molecule has 0 radical (unpaired) electrons. The van der Waals surface area contributed by atoms with Crippen LogP contribution in [0.3, 0.4) is 0 Å². The molecule has 0 aromatic carbocycles. The van der Waals surface area contributed by atoms with Gasteiger partial charge in [0.05, 0.1) is 0 Å². The summed E-state index contributed by atoms with van der Waals surface area (Å²) in [5.41, 5.74) is -0.822. The molecule has 0 amide bonds. The number of carboxylic acid groups (broad SMARTS) is 1. The first-order valence-electron chi connectivity index (χ1n) is 7.01. The first kappa shape index (κ1) is 18.7. The molecular formula is C14H29NO3S. The number of aliphatic hydroxyl groups is 1. The molecule has 0 aromatic heterocycles. The third kappa shape index (κ3) is 8.50. The number of aliphatic hydroxyl groups excluding tert-OH is 1. The Morgan fingerprint density at radius 3 is 2.42 bits per heavy atom. The Bertz CT molecular complexity index is 261. The number of rotatable bonds is 11. The van der Waals surface area contributed by atoms with E-state index >= 15 is 0 Å². The van der Waals surface area contributed by atoms with E-state index in [1.807, 2.05) is 32.5 Å². The number of thioether (sulfide) groups is 1. The summed E-state index contributed by atoms with van der Waals surface area (Å²) in [6.07, 6.45) is 2.57. The highest BCUT2D eigenvalue weighted by atomic mass is 32.2. The number of hydrogen-bond acceptors (Lipinski definition) is 4. The van der Waals surface area contributed by atoms with Crippen molar-refractivity contribution in [2.24, 2.45) is 5.92 Å². The van der Waals surface area contributed by atoms with Gasteiger partial charge in [-0.05, 0) is 51.0 Å². The van der Waals surface area contributed by atoms with Gasteiger partial charge in [0.1, 0.15) is 5.54 Å². The molecule has 0 fully saturated rings. The zero-order valence-corrected chi connectivity index (χ0v) is 13.4. The predicted molar refractivity (Wildman–Crippen MR) is 81.7 cm³/mol. The van der Waals surface area contributed by atoms with Gasteiger partial charge in [-0.3, -0.25) is 10.1 Å². The highest BCUT2D eigenvalue weighted by Gasteiger charge is 2.32. The Kier molecular flexibility index (Phi) is 9.48. The second-order valence-electron chi connectivity index (χ2n) is 5.76. The summed E-state index contributed by atoms with van der Waals surface area (Å²) in [5.74, 6) is 1.57. The summed E-state index contributed by atoms with van der Waals surface area (Å²) in [6, 6.07) is 0.167. The van der Waals surface area contributed by atoms with E-state index in [-0.39, 0.29) is 12.6 Å². The summed E-state index contributed by atoms with van der Waals surface area (Å²) >= 11 is 1.83. The molecule has 0 aliphatic rings. The van der Waals surface area contributed by atoms with Crippen molar-refractivity contribution in [2.45, 2.75) is 58.5 Å². The molecule has 0 heterocycles. The minimum Gasteiger partial charge on any atom is -0.480 e. The predicted octanol–water partition coefficient (Wildman–Crippen LogP) is 2.36. The fourth-order valence-electron chi connectivity index (χ4n) is 1.90. The second-order valence-corrected chi connectivity index (χ2v) is 6.91. The smallest absolute Gasteiger partial charge is 0.323 e. The fraction of sp³-hybridized carbons (Fsp3) is 0.929. The zero-order valence-electron chi connectivity index (χ0n) is 12.6. The number of hydrogen-bond donors (Lipinski definition) is 3. The number of carboxylic acids is 1. The maximum absolute atomic E-state index is 11.3. The Balaban J connectivity index is 3.86. The standard InChI is InChI=1S/C14H29NO3S/c1-11(2)15-14(4,13(17)18)7-5-6-8-19-10-12(3)9-16/h11-12,15-16H,5-10H2,1-4H3,(H,17,18). The molecule has 0 aliphatic carbocycles. The molecule has 0 aliphatic heterocycles. The van der Waals surface area contributed by atoms with Gasteiger partial charge in [-0.2, -0.15) is 11.8 Å². The van der Waals surface area contributed by atoms with Gasteiger partial charge < -0.3 is 10.2 Å². The second kappa shape index (κ2) is 9.61. The highest BCUT2D eigenvalue weighted by Crippen LogP contribution is 2.17. The number of nitrogens with one attached hydrogen (secondary N) is 1. The molecule has 0 spiro atoms. The summed E-state index contributed by atoms with van der Waals surface area (Å²) < 4.78 is 0. The maximum atomic E-state index is 11.3. The molecule has 0 aromatic rings. The van der Waals surface area contributed by atoms with E-state index in [4.69, 9.17) is 5.11 Å². The minimum atomic E-state index is -0.822. The van der Waals surface area contributed by atoms with Crippen molar-refractivity contribution in [1.82, 2.24) is 5.32 Å². The summed E-state index contributed by atoms with van der Waals surface area (Å²) in [4.78, 5) is 11.3. The monoisotopic (exact) mass is 291 g/mol. The van der Waals surface area contributed by atoms with Crippen molar-refractivity contribution in [3.63, 3.8) is 0 Å². The third-order valence-corrected chi connectivity index (χ3v) is 4.39. The van der Waals surface area contributed by atoms with Crippen LogP contribution in [0.4, 0.5) is 0 Å². The van der Waals surface area contributed by atoms with E-state index in [9.17, 15) is 9.90 Å². The lowest BCUT2D eigenvalue weighted by atomic mass is 9.94. The molecule has 114 valence electrons. The fourth-order valence-corrected chi connectivity index (χ4v) is 2.98. The van der Waals surface area contributed by atoms with Gasteiger partial charge in [0.15, 0.2) is 0 Å². The molecule has 4 nitrogen and oxygen atoms in total. The number of unbranched alkanes of at least 4 members (excludes halogenated alkanes) is 1. The van der Waals surface area contributed by atoms with E-state index in [2.05, 4.69) is 5.32 Å². The van der Waals surface area contributed by atoms with Crippen molar-refractivity contribution in [1.29, 1.82) is 0 Å². The van der Waals surface area contributed by atoms with Crippen molar-refractivity contribution in [3.8, 4) is 0 Å². The van der Waals surface area contributed by atoms with E-state index in [0.717, 1.165) is 24.3 Å². The van der Waals surface area contributed by atoms with Crippen LogP contribution >= 0.6 is 11.8 Å². The summed E-state index contributed by atoms with van der Waals surface area (Å²) in [7, 11) is 0. The van der Waals surface area contributed by atoms with Gasteiger partial charge in [0, 0.05) is 12.6 Å². The van der Waals surface area contributed by atoms with E-state index in [1.165, 1.54) is 0 Å². The molecule has 5 heteroatoms. The Hall–Kier alpha value is -0.260. The van der Waals surface area contributed by atoms with Crippen LogP contribution in [0, 0.1) is 5.92 Å². The Labute approximate surface area is 121 Å². The highest BCUT2D eigenvalue weighted by molar-refractivity contribution is 7.99. The van der Waals surface area contributed by atoms with Gasteiger partial charge in [-0.1, -0.05) is 13.3 Å². The van der Waals surface area contributed by atoms with Crippen LogP contribution in [0.15, 0.2) is 0 Å². The van der Waals surface area contributed by atoms with Crippen molar-refractivity contribution in [2.75, 3.05) is 18.1 Å². The van der Waals surface area contributed by atoms with Crippen LogP contribution in [0.1, 0.15) is 47.0 Å². The average Bonchev–Trinajstić information content (AvgIpc) is 2.32. The summed E-state index contributed by atoms with van der Waals surface area (Å²) in [5, 5.41) is 21.3. The van der Waals surface area contributed by atoms with Gasteiger partial charge in [-0.15, -0.1) is 0 Å². The number of aliphatic carboxylic acids is 1. The molecule has 0 saturated carbocycles. The van der Waals surface area contributed by atoms with Crippen LogP contribution in [0.5, 0.6) is 0 Å². The third-order valence-electron chi connectivity index (χ3n) is 3.01. The Morgan fingerprint density at radius 1 is 1.32 bits per heavy atom. The molecule has 3 N–H and O–H groups in total. The van der Waals surface area contributed by atoms with E-state index in [1.54, 1.807) is 6.92 Å². The largest absolute Gasteiger partial charge is 0.480 e. The summed E-state index contributed by atoms with van der Waals surface area (Å²) in [6.45, 7) is 7.96. The van der Waals surface area contributed by atoms with Crippen molar-refractivity contribution >= 4 is 17.7 Å². The minimum absolute atomic E-state index is 0.167. The van der Waals surface area contributed by atoms with Gasteiger partial charge >= 0.3 is 5.97 Å². The SMILES string of the molecule is CC(CO)CSCCCCC(C)(NC(C)C)C(=O)O. The van der Waals surface area contributed by atoms with Gasteiger partial charge in [0.25, 0.3) is 0 Å². The van der Waals surface area contributed by atoms with E-state index in [0.29, 0.717) is 12.3 Å². The van der Waals surface area contributed by atoms with Crippen LogP contribution in [-0.4, -0.2) is 45.9 Å². The first-order valence-corrected chi connectivity index (χ1v) is 8.17. The molecule has 2 unspecified atom stereocenters. The number of carbonyl (C=O) groups is 1. The van der Waals surface area contributed by atoms with Gasteiger partial charge in [0.2, 0.25) is 0 Å². The quantitative estimate of drug-likeness (QED) is 0.510. The van der Waals surface area contributed by atoms with Crippen LogP contribution in [0.25, 0.3) is 0 Å². The molecule has 19 heavy (non-hydrogen) atoms. The lowest BCUT2D eigenvalue weighted by molar-refractivity contribution is -0.144. The van der Waals surface area contributed by atoms with Crippen LogP contribution in [-0.2, 0) is 4.79 Å². The zero-order chi connectivity index (χ0) is 14.9. The first-order chi connectivity index (χ1) is 8.81. The van der Waals surface area contributed by atoms with Crippen LogP contribution in [0.2, 0.25) is 0 Å². The lowest BCUT2D eigenvalue weighted by Crippen LogP contribution is -2.52. The van der Waals surface area contributed by atoms with Crippen LogP contribution < -0.4 is 5.32 Å².